The van der Waals surface area contributed by atoms with Crippen molar-refractivity contribution in [2.24, 2.45) is 0 Å². The van der Waals surface area contributed by atoms with E-state index in [4.69, 9.17) is 0 Å². The molecule has 1 saturated heterocycles. The molecule has 0 spiro atoms. The van der Waals surface area contributed by atoms with Crippen molar-refractivity contribution >= 4 is 21.4 Å². The molecule has 28 heavy (non-hydrogen) atoms. The van der Waals surface area contributed by atoms with Crippen molar-refractivity contribution in [2.75, 3.05) is 31.1 Å². The third kappa shape index (κ3) is 3.72. The summed E-state index contributed by atoms with van der Waals surface area (Å²) in [4.78, 5) is 12.6. The number of nitro benzene ring substituents is 1. The van der Waals surface area contributed by atoms with Crippen LogP contribution in [-0.4, -0.2) is 43.8 Å². The fourth-order valence-electron chi connectivity index (χ4n) is 3.78. The Kier molecular flexibility index (Phi) is 5.40. The average Bonchev–Trinajstić information content (AvgIpc) is 2.60. The van der Waals surface area contributed by atoms with Gasteiger partial charge in [0.25, 0.3) is 5.69 Å². The van der Waals surface area contributed by atoms with Crippen LogP contribution < -0.4 is 4.90 Å². The van der Waals surface area contributed by atoms with Gasteiger partial charge in [0.05, 0.1) is 15.9 Å². The molecule has 150 valence electrons. The molecule has 7 nitrogen and oxygen atoms in total. The van der Waals surface area contributed by atoms with Crippen molar-refractivity contribution < 1.29 is 17.7 Å². The van der Waals surface area contributed by atoms with E-state index in [-0.39, 0.29) is 31.9 Å². The van der Waals surface area contributed by atoms with Gasteiger partial charge in [0.15, 0.2) is 0 Å². The second-order valence-corrected chi connectivity index (χ2v) is 8.88. The van der Waals surface area contributed by atoms with Crippen LogP contribution in [0.4, 0.5) is 15.8 Å². The van der Waals surface area contributed by atoms with E-state index < -0.39 is 20.8 Å². The Labute approximate surface area is 163 Å². The number of hydrogen-bond acceptors (Lipinski definition) is 5. The number of hydrogen-bond donors (Lipinski definition) is 0. The van der Waals surface area contributed by atoms with Crippen LogP contribution in [0.2, 0.25) is 0 Å². The zero-order valence-electron chi connectivity index (χ0n) is 16.0. The number of aryl methyl sites for hydroxylation is 3. The summed E-state index contributed by atoms with van der Waals surface area (Å²) < 4.78 is 41.1. The number of nitro groups is 1. The Morgan fingerprint density at radius 3 is 2.11 bits per heavy atom. The van der Waals surface area contributed by atoms with Crippen LogP contribution in [0.25, 0.3) is 0 Å². The van der Waals surface area contributed by atoms with Gasteiger partial charge >= 0.3 is 0 Å². The highest BCUT2D eigenvalue weighted by molar-refractivity contribution is 7.89. The van der Waals surface area contributed by atoms with Crippen molar-refractivity contribution in [1.82, 2.24) is 4.31 Å². The van der Waals surface area contributed by atoms with Crippen LogP contribution in [0.5, 0.6) is 0 Å². The molecule has 0 unspecified atom stereocenters. The molecule has 0 bridgehead atoms. The minimum absolute atomic E-state index is 0.198. The second kappa shape index (κ2) is 7.48. The molecular formula is C19H22FN3O4S. The first-order valence-electron chi connectivity index (χ1n) is 8.88. The molecule has 3 rings (SSSR count). The summed E-state index contributed by atoms with van der Waals surface area (Å²) in [6.45, 7) is 6.46. The van der Waals surface area contributed by atoms with E-state index in [9.17, 15) is 22.9 Å². The minimum atomic E-state index is -3.67. The van der Waals surface area contributed by atoms with Gasteiger partial charge < -0.3 is 4.90 Å². The summed E-state index contributed by atoms with van der Waals surface area (Å²) in [5.41, 5.74) is 2.39. The first kappa shape index (κ1) is 20.2. The van der Waals surface area contributed by atoms with Gasteiger partial charge in [-0.3, -0.25) is 10.1 Å². The molecular weight excluding hydrogens is 385 g/mol. The molecule has 2 aromatic rings. The zero-order chi connectivity index (χ0) is 20.6. The largest absolute Gasteiger partial charge is 0.363 e. The molecule has 1 heterocycles. The summed E-state index contributed by atoms with van der Waals surface area (Å²) in [5, 5.41) is 11.2. The number of benzene rings is 2. The van der Waals surface area contributed by atoms with Gasteiger partial charge in [-0.1, -0.05) is 17.7 Å². The molecule has 1 aliphatic rings. The molecule has 1 fully saturated rings. The summed E-state index contributed by atoms with van der Waals surface area (Å²) in [6.07, 6.45) is 0. The molecule has 0 N–H and O–H groups in total. The number of sulfonamides is 1. The average molecular weight is 407 g/mol. The number of halogens is 1. The molecule has 1 aliphatic heterocycles. The van der Waals surface area contributed by atoms with Gasteiger partial charge in [-0.25, -0.2) is 12.8 Å². The van der Waals surface area contributed by atoms with E-state index in [0.717, 1.165) is 11.6 Å². The normalized spacial score (nSPS) is 15.6. The minimum Gasteiger partial charge on any atom is -0.363 e. The van der Waals surface area contributed by atoms with Crippen LogP contribution in [0.1, 0.15) is 16.7 Å². The zero-order valence-corrected chi connectivity index (χ0v) is 16.8. The van der Waals surface area contributed by atoms with Crippen LogP contribution in [0, 0.1) is 36.7 Å². The number of anilines is 1. The third-order valence-corrected chi connectivity index (χ3v) is 7.12. The van der Waals surface area contributed by atoms with Gasteiger partial charge in [-0.15, -0.1) is 0 Å². The maximum Gasteiger partial charge on any atom is 0.295 e. The molecule has 0 aliphatic carbocycles. The maximum absolute atomic E-state index is 13.4. The van der Waals surface area contributed by atoms with Crippen LogP contribution in [0.15, 0.2) is 35.2 Å². The molecule has 0 aromatic heterocycles. The first-order valence-corrected chi connectivity index (χ1v) is 10.3. The van der Waals surface area contributed by atoms with Gasteiger partial charge in [0, 0.05) is 26.2 Å². The number of rotatable bonds is 4. The Balaban J connectivity index is 1.84. The molecule has 0 saturated carbocycles. The Bertz CT molecular complexity index is 1010. The quantitative estimate of drug-likeness (QED) is 0.574. The molecule has 0 amide bonds. The van der Waals surface area contributed by atoms with E-state index in [2.05, 4.69) is 0 Å². The summed E-state index contributed by atoms with van der Waals surface area (Å²) >= 11 is 0. The fourth-order valence-corrected chi connectivity index (χ4v) is 5.62. The monoisotopic (exact) mass is 407 g/mol. The van der Waals surface area contributed by atoms with Crippen molar-refractivity contribution in [3.8, 4) is 0 Å². The van der Waals surface area contributed by atoms with Gasteiger partial charge in [-0.2, -0.15) is 4.31 Å². The van der Waals surface area contributed by atoms with Gasteiger partial charge in [-0.05, 0) is 44.0 Å². The Morgan fingerprint density at radius 1 is 1.00 bits per heavy atom. The van der Waals surface area contributed by atoms with Crippen LogP contribution in [0.3, 0.4) is 0 Å². The predicted octanol–water partition coefficient (Wildman–Crippen LogP) is 3.17. The number of nitrogens with zero attached hydrogens (tertiary/aromatic N) is 3. The lowest BCUT2D eigenvalue weighted by Crippen LogP contribution is -2.49. The second-order valence-electron chi connectivity index (χ2n) is 7.01. The van der Waals surface area contributed by atoms with E-state index in [0.29, 0.717) is 21.7 Å². The van der Waals surface area contributed by atoms with E-state index >= 15 is 0 Å². The predicted molar refractivity (Wildman–Crippen MR) is 105 cm³/mol. The maximum atomic E-state index is 13.4. The lowest BCUT2D eigenvalue weighted by atomic mass is 10.1. The standard InChI is InChI=1S/C19H22FN3O4S/c1-13-10-14(2)19(15(3)11-13)28(26,27)22-8-6-21(7-9-22)17-5-4-16(20)12-18(17)23(24)25/h4-5,10-12H,6-9H2,1-3H3. The smallest absolute Gasteiger partial charge is 0.295 e. The van der Waals surface area contributed by atoms with Crippen molar-refractivity contribution in [3.05, 3.63) is 63.0 Å². The summed E-state index contributed by atoms with van der Waals surface area (Å²) in [5.74, 6) is -0.679. The number of piperazine rings is 1. The fraction of sp³-hybridized carbons (Fsp3) is 0.368. The van der Waals surface area contributed by atoms with Crippen LogP contribution in [-0.2, 0) is 10.0 Å². The lowest BCUT2D eigenvalue weighted by Gasteiger charge is -2.35. The van der Waals surface area contributed by atoms with Crippen molar-refractivity contribution in [2.45, 2.75) is 25.7 Å². The van der Waals surface area contributed by atoms with E-state index in [1.54, 1.807) is 18.7 Å². The molecule has 0 radical (unpaired) electrons. The molecule has 2 aromatic carbocycles. The highest BCUT2D eigenvalue weighted by atomic mass is 32.2. The highest BCUT2D eigenvalue weighted by Crippen LogP contribution is 2.31. The SMILES string of the molecule is Cc1cc(C)c(S(=O)(=O)N2CCN(c3ccc(F)cc3[N+](=O)[O-])CC2)c(C)c1. The Morgan fingerprint density at radius 2 is 1.57 bits per heavy atom. The van der Waals surface area contributed by atoms with Crippen molar-refractivity contribution in [3.63, 3.8) is 0 Å². The highest BCUT2D eigenvalue weighted by Gasteiger charge is 2.32. The van der Waals surface area contributed by atoms with Crippen LogP contribution >= 0.6 is 0 Å². The lowest BCUT2D eigenvalue weighted by molar-refractivity contribution is -0.384. The summed E-state index contributed by atoms with van der Waals surface area (Å²) in [7, 11) is -3.67. The Hall–Kier alpha value is -2.52. The summed E-state index contributed by atoms with van der Waals surface area (Å²) in [6, 6.07) is 7.11. The third-order valence-electron chi connectivity index (χ3n) is 4.92. The van der Waals surface area contributed by atoms with Crippen molar-refractivity contribution in [1.29, 1.82) is 0 Å². The first-order chi connectivity index (χ1) is 13.1. The van der Waals surface area contributed by atoms with E-state index in [1.807, 2.05) is 19.1 Å². The topological polar surface area (TPSA) is 83.8 Å². The van der Waals surface area contributed by atoms with Gasteiger partial charge in [0.1, 0.15) is 11.5 Å². The molecule has 9 heteroatoms. The van der Waals surface area contributed by atoms with Gasteiger partial charge in [0.2, 0.25) is 10.0 Å². The molecule has 0 atom stereocenters. The van der Waals surface area contributed by atoms with E-state index in [1.165, 1.54) is 16.4 Å².